The fourth-order valence-electron chi connectivity index (χ4n) is 2.78. The highest BCUT2D eigenvalue weighted by Crippen LogP contribution is 2.29. The molecule has 0 aliphatic carbocycles. The maximum atomic E-state index is 13.3. The van der Waals surface area contributed by atoms with Crippen molar-refractivity contribution < 1.29 is 23.4 Å². The Kier molecular flexibility index (Phi) is 4.75. The minimum Gasteiger partial charge on any atom is -0.508 e. The number of phenolic OH excluding ortho intramolecular Hbond substituents is 1. The van der Waals surface area contributed by atoms with Crippen LogP contribution in [0.4, 0.5) is 4.39 Å². The molecule has 134 valence electrons. The number of fused-ring (bicyclic) bond motifs is 1. The molecule has 3 rings (SSSR count). The lowest BCUT2D eigenvalue weighted by Crippen LogP contribution is -2.15. The van der Waals surface area contributed by atoms with E-state index in [9.17, 15) is 19.1 Å². The van der Waals surface area contributed by atoms with Gasteiger partial charge in [-0.3, -0.25) is 4.79 Å². The summed E-state index contributed by atoms with van der Waals surface area (Å²) in [5, 5.41) is 10.3. The zero-order chi connectivity index (χ0) is 18.8. The minimum atomic E-state index is -0.801. The molecule has 5 nitrogen and oxygen atoms in total. The molecule has 1 heterocycles. The fourth-order valence-corrected chi connectivity index (χ4v) is 2.78. The van der Waals surface area contributed by atoms with Gasteiger partial charge in [-0.1, -0.05) is 19.1 Å². The zero-order valence-electron chi connectivity index (χ0n) is 14.3. The third kappa shape index (κ3) is 3.06. The van der Waals surface area contributed by atoms with Crippen molar-refractivity contribution in [3.8, 4) is 16.9 Å². The van der Waals surface area contributed by atoms with Crippen LogP contribution in [0.2, 0.25) is 0 Å². The van der Waals surface area contributed by atoms with Crippen LogP contribution in [0.25, 0.3) is 22.1 Å². The summed E-state index contributed by atoms with van der Waals surface area (Å²) in [6.07, 6.45) is 0.521. The van der Waals surface area contributed by atoms with Crippen LogP contribution in [0.5, 0.6) is 5.75 Å². The van der Waals surface area contributed by atoms with Crippen LogP contribution in [-0.2, 0) is 11.2 Å². The fraction of sp³-hybridized carbons (Fsp3) is 0.200. The van der Waals surface area contributed by atoms with Gasteiger partial charge in [0, 0.05) is 6.07 Å². The Balaban J connectivity index is 2.38. The van der Waals surface area contributed by atoms with Crippen LogP contribution in [0, 0.1) is 5.82 Å². The second-order valence-electron chi connectivity index (χ2n) is 5.69. The first kappa shape index (κ1) is 17.7. The van der Waals surface area contributed by atoms with Crippen molar-refractivity contribution in [1.29, 1.82) is 0 Å². The largest absolute Gasteiger partial charge is 0.508 e. The van der Waals surface area contributed by atoms with E-state index < -0.39 is 17.2 Å². The number of hydrogen-bond donors (Lipinski definition) is 1. The van der Waals surface area contributed by atoms with Crippen LogP contribution in [0.1, 0.15) is 30.0 Å². The van der Waals surface area contributed by atoms with E-state index in [2.05, 4.69) is 0 Å². The highest BCUT2D eigenvalue weighted by atomic mass is 19.1. The second-order valence-corrected chi connectivity index (χ2v) is 5.69. The number of rotatable bonds is 4. The highest BCUT2D eigenvalue weighted by Gasteiger charge is 2.23. The molecule has 3 aromatic rings. The molecule has 0 saturated carbocycles. The molecule has 26 heavy (non-hydrogen) atoms. The lowest BCUT2D eigenvalue weighted by molar-refractivity contribution is 0.0492. The van der Waals surface area contributed by atoms with E-state index in [4.69, 9.17) is 9.15 Å². The molecule has 0 radical (unpaired) electrons. The predicted molar refractivity (Wildman–Crippen MR) is 94.9 cm³/mol. The molecule has 0 bridgehead atoms. The van der Waals surface area contributed by atoms with E-state index in [0.29, 0.717) is 17.5 Å². The number of halogens is 1. The number of carbonyl (C=O) groups excluding carboxylic acids is 1. The number of aryl methyl sites for hydroxylation is 1. The first-order chi connectivity index (χ1) is 12.5. The molecule has 0 aliphatic heterocycles. The van der Waals surface area contributed by atoms with E-state index in [1.807, 2.05) is 6.92 Å². The van der Waals surface area contributed by atoms with Crippen LogP contribution >= 0.6 is 0 Å². The molecule has 2 aromatic carbocycles. The molecule has 1 aromatic heterocycles. The van der Waals surface area contributed by atoms with Crippen molar-refractivity contribution in [2.24, 2.45) is 0 Å². The van der Waals surface area contributed by atoms with Gasteiger partial charge in [-0.25, -0.2) is 9.18 Å². The molecule has 6 heteroatoms. The molecule has 1 N–H and O–H groups in total. The summed E-state index contributed by atoms with van der Waals surface area (Å²) in [4.78, 5) is 25.4. The van der Waals surface area contributed by atoms with Crippen molar-refractivity contribution >= 4 is 16.9 Å². The summed E-state index contributed by atoms with van der Waals surface area (Å²) in [6.45, 7) is 3.58. The van der Waals surface area contributed by atoms with Crippen molar-refractivity contribution in [2.75, 3.05) is 6.61 Å². The monoisotopic (exact) mass is 356 g/mol. The van der Waals surface area contributed by atoms with Gasteiger partial charge in [0.25, 0.3) is 0 Å². The summed E-state index contributed by atoms with van der Waals surface area (Å²) in [5.41, 5.74) is 0.563. The first-order valence-corrected chi connectivity index (χ1v) is 8.22. The number of esters is 1. The van der Waals surface area contributed by atoms with Crippen molar-refractivity contribution in [3.63, 3.8) is 0 Å². The summed E-state index contributed by atoms with van der Waals surface area (Å²) in [6, 6.07) is 8.05. The Bertz CT molecular complexity index is 1030. The number of ether oxygens (including phenoxy) is 1. The summed E-state index contributed by atoms with van der Waals surface area (Å²) in [5.74, 6) is -1.56. The van der Waals surface area contributed by atoms with Crippen LogP contribution in [0.3, 0.4) is 0 Å². The molecule has 0 fully saturated rings. The Hall–Kier alpha value is -3.15. The lowest BCUT2D eigenvalue weighted by Gasteiger charge is -2.11. The van der Waals surface area contributed by atoms with Gasteiger partial charge in [0.15, 0.2) is 0 Å². The van der Waals surface area contributed by atoms with Gasteiger partial charge in [-0.15, -0.1) is 0 Å². The number of aromatic hydroxyl groups is 1. The number of hydrogen-bond acceptors (Lipinski definition) is 5. The highest BCUT2D eigenvalue weighted by molar-refractivity contribution is 5.97. The molecule has 0 spiro atoms. The van der Waals surface area contributed by atoms with E-state index in [1.54, 1.807) is 13.0 Å². The number of benzene rings is 2. The molecule has 0 amide bonds. The molecular formula is C20H17FO5. The minimum absolute atomic E-state index is 0.00342. The third-order valence-electron chi connectivity index (χ3n) is 4.07. The second kappa shape index (κ2) is 7.00. The van der Waals surface area contributed by atoms with Crippen LogP contribution in [-0.4, -0.2) is 17.7 Å². The Labute approximate surface area is 148 Å². The van der Waals surface area contributed by atoms with Gasteiger partial charge in [-0.05, 0) is 42.7 Å². The normalized spacial score (nSPS) is 10.9. The average Bonchev–Trinajstić information content (AvgIpc) is 2.62. The number of carbonyl (C=O) groups is 1. The summed E-state index contributed by atoms with van der Waals surface area (Å²) in [7, 11) is 0. The maximum Gasteiger partial charge on any atom is 0.375 e. The summed E-state index contributed by atoms with van der Waals surface area (Å²) >= 11 is 0. The van der Waals surface area contributed by atoms with Gasteiger partial charge in [-0.2, -0.15) is 0 Å². The van der Waals surface area contributed by atoms with Gasteiger partial charge in [0.1, 0.15) is 17.1 Å². The number of phenols is 1. The quantitative estimate of drug-likeness (QED) is 0.714. The molecule has 0 atom stereocenters. The summed E-state index contributed by atoms with van der Waals surface area (Å²) < 4.78 is 23.9. The lowest BCUT2D eigenvalue weighted by atomic mass is 10.0. The molecule has 0 aliphatic rings. The Morgan fingerprint density at radius 3 is 2.50 bits per heavy atom. The SMILES string of the molecule is CCOC(=O)c1oc2cc(O)c(CC)cc2c(=O)c1-c1ccc(F)cc1. The maximum absolute atomic E-state index is 13.3. The zero-order valence-corrected chi connectivity index (χ0v) is 14.3. The van der Waals surface area contributed by atoms with E-state index in [0.717, 1.165) is 0 Å². The van der Waals surface area contributed by atoms with Crippen LogP contribution in [0.15, 0.2) is 45.6 Å². The molecular weight excluding hydrogens is 339 g/mol. The van der Waals surface area contributed by atoms with Gasteiger partial charge < -0.3 is 14.3 Å². The smallest absolute Gasteiger partial charge is 0.375 e. The van der Waals surface area contributed by atoms with Crippen molar-refractivity contribution in [1.82, 2.24) is 0 Å². The molecule has 0 saturated heterocycles. The van der Waals surface area contributed by atoms with Crippen molar-refractivity contribution in [3.05, 3.63) is 63.8 Å². The molecule has 0 unspecified atom stereocenters. The Morgan fingerprint density at radius 1 is 1.19 bits per heavy atom. The van der Waals surface area contributed by atoms with Gasteiger partial charge >= 0.3 is 5.97 Å². The first-order valence-electron chi connectivity index (χ1n) is 8.22. The topological polar surface area (TPSA) is 76.7 Å². The third-order valence-corrected chi connectivity index (χ3v) is 4.07. The predicted octanol–water partition coefficient (Wildman–Crippen LogP) is 4.04. The average molecular weight is 356 g/mol. The van der Waals surface area contributed by atoms with E-state index in [-0.39, 0.29) is 34.6 Å². The van der Waals surface area contributed by atoms with Gasteiger partial charge in [0.2, 0.25) is 11.2 Å². The van der Waals surface area contributed by atoms with Crippen molar-refractivity contribution in [2.45, 2.75) is 20.3 Å². The standard InChI is InChI=1S/C20H17FO5/c1-3-11-9-14-16(10-15(11)22)26-19(20(24)25-4-2)17(18(14)23)12-5-7-13(21)8-6-12/h5-10,22H,3-4H2,1-2H3. The van der Waals surface area contributed by atoms with Crippen LogP contribution < -0.4 is 5.43 Å². The Morgan fingerprint density at radius 2 is 1.88 bits per heavy atom. The van der Waals surface area contributed by atoms with E-state index in [1.165, 1.54) is 30.3 Å². The van der Waals surface area contributed by atoms with E-state index >= 15 is 0 Å². The van der Waals surface area contributed by atoms with Gasteiger partial charge in [0.05, 0.1) is 17.6 Å².